The van der Waals surface area contributed by atoms with Crippen molar-refractivity contribution < 1.29 is 9.18 Å². The second-order valence-corrected chi connectivity index (χ2v) is 6.45. The average Bonchev–Trinajstić information content (AvgIpc) is 2.88. The van der Waals surface area contributed by atoms with Crippen LogP contribution in [0.15, 0.2) is 30.5 Å². The first-order chi connectivity index (χ1) is 11.1. The molecule has 0 aliphatic carbocycles. The maximum absolute atomic E-state index is 13.0. The Morgan fingerprint density at radius 1 is 1.48 bits per heavy atom. The number of amides is 2. The van der Waals surface area contributed by atoms with E-state index < -0.39 is 0 Å². The van der Waals surface area contributed by atoms with Crippen molar-refractivity contribution in [1.29, 1.82) is 0 Å². The zero-order valence-corrected chi connectivity index (χ0v) is 13.5. The van der Waals surface area contributed by atoms with Crippen LogP contribution in [0.2, 0.25) is 0 Å². The van der Waals surface area contributed by atoms with Crippen LogP contribution in [0.25, 0.3) is 6.08 Å². The lowest BCUT2D eigenvalue weighted by molar-refractivity contribution is 0.255. The fourth-order valence-electron chi connectivity index (χ4n) is 2.33. The van der Waals surface area contributed by atoms with E-state index in [1.807, 2.05) is 0 Å². The summed E-state index contributed by atoms with van der Waals surface area (Å²) < 4.78 is 13.0. The molecule has 1 aliphatic heterocycles. The van der Waals surface area contributed by atoms with Crippen molar-refractivity contribution in [3.8, 4) is 0 Å². The van der Waals surface area contributed by atoms with E-state index in [4.69, 9.17) is 0 Å². The summed E-state index contributed by atoms with van der Waals surface area (Å²) >= 11 is 1.50. The molecule has 1 aliphatic rings. The van der Waals surface area contributed by atoms with E-state index in [1.54, 1.807) is 18.2 Å². The number of urea groups is 1. The van der Waals surface area contributed by atoms with Crippen molar-refractivity contribution in [2.45, 2.75) is 13.0 Å². The molecule has 1 aromatic heterocycles. The molecular weight excluding hydrogens is 315 g/mol. The van der Waals surface area contributed by atoms with Gasteiger partial charge in [-0.3, -0.25) is 5.32 Å². The van der Waals surface area contributed by atoms with Crippen LogP contribution in [0.3, 0.4) is 0 Å². The van der Waals surface area contributed by atoms with Crippen LogP contribution in [0.1, 0.15) is 16.1 Å². The molecule has 3 rings (SSSR count). The van der Waals surface area contributed by atoms with Crippen LogP contribution < -0.4 is 10.6 Å². The highest BCUT2D eigenvalue weighted by Crippen LogP contribution is 2.27. The summed E-state index contributed by atoms with van der Waals surface area (Å²) in [7, 11) is 2.07. The van der Waals surface area contributed by atoms with Gasteiger partial charge in [0.1, 0.15) is 5.82 Å². The minimum Gasteiger partial charge on any atom is -0.314 e. The molecule has 0 bridgehead atoms. The molecule has 0 saturated heterocycles. The third-order valence-corrected chi connectivity index (χ3v) is 4.48. The monoisotopic (exact) mass is 332 g/mol. The Kier molecular flexibility index (Phi) is 4.68. The number of hydrogen-bond acceptors (Lipinski definition) is 4. The van der Waals surface area contributed by atoms with Gasteiger partial charge in [-0.1, -0.05) is 12.1 Å². The first kappa shape index (κ1) is 15.6. The number of benzene rings is 1. The maximum Gasteiger partial charge on any atom is 0.325 e. The zero-order chi connectivity index (χ0) is 16.2. The van der Waals surface area contributed by atoms with Gasteiger partial charge >= 0.3 is 6.03 Å². The molecule has 7 heteroatoms. The van der Waals surface area contributed by atoms with Crippen LogP contribution >= 0.6 is 11.3 Å². The quantitative estimate of drug-likeness (QED) is 0.908. The highest BCUT2D eigenvalue weighted by Gasteiger charge is 2.18. The van der Waals surface area contributed by atoms with E-state index in [-0.39, 0.29) is 11.8 Å². The molecule has 1 aromatic carbocycles. The Balaban J connectivity index is 1.55. The molecule has 5 nitrogen and oxygen atoms in total. The van der Waals surface area contributed by atoms with Crippen molar-refractivity contribution in [3.63, 3.8) is 0 Å². The van der Waals surface area contributed by atoms with Crippen molar-refractivity contribution in [2.24, 2.45) is 0 Å². The summed E-state index contributed by atoms with van der Waals surface area (Å²) in [6, 6.07) is 5.77. The van der Waals surface area contributed by atoms with E-state index in [0.29, 0.717) is 10.7 Å². The van der Waals surface area contributed by atoms with Crippen molar-refractivity contribution in [2.75, 3.05) is 18.9 Å². The summed E-state index contributed by atoms with van der Waals surface area (Å²) in [5.41, 5.74) is 1.75. The molecule has 0 radical (unpaired) electrons. The van der Waals surface area contributed by atoms with Crippen molar-refractivity contribution in [3.05, 3.63) is 52.4 Å². The molecule has 0 saturated carbocycles. The topological polar surface area (TPSA) is 57.3 Å². The SMILES string of the molecule is CN1CCc2nc(NC(=O)N/C=C/c3cccc(F)c3)sc2C1. The predicted molar refractivity (Wildman–Crippen MR) is 89.7 cm³/mol. The first-order valence-corrected chi connectivity index (χ1v) is 8.08. The van der Waals surface area contributed by atoms with Gasteiger partial charge in [0, 0.05) is 30.6 Å². The number of anilines is 1. The number of carbonyl (C=O) groups excluding carboxylic acids is 1. The van der Waals surface area contributed by atoms with Gasteiger partial charge in [-0.25, -0.2) is 14.2 Å². The summed E-state index contributed by atoms with van der Waals surface area (Å²) in [6.07, 6.45) is 4.01. The van der Waals surface area contributed by atoms with Crippen LogP contribution in [0, 0.1) is 5.82 Å². The molecule has 2 amide bonds. The molecule has 0 unspecified atom stereocenters. The van der Waals surface area contributed by atoms with Gasteiger partial charge < -0.3 is 10.2 Å². The van der Waals surface area contributed by atoms with Gasteiger partial charge in [0.2, 0.25) is 0 Å². The summed E-state index contributed by atoms with van der Waals surface area (Å²) in [6.45, 7) is 1.86. The van der Waals surface area contributed by atoms with Gasteiger partial charge in [0.25, 0.3) is 0 Å². The molecule has 2 N–H and O–H groups in total. The molecule has 120 valence electrons. The Morgan fingerprint density at radius 3 is 3.17 bits per heavy atom. The number of aromatic nitrogens is 1. The predicted octanol–water partition coefficient (Wildman–Crippen LogP) is 3.06. The van der Waals surface area contributed by atoms with Gasteiger partial charge in [0.05, 0.1) is 5.69 Å². The second kappa shape index (κ2) is 6.89. The minimum atomic E-state index is -0.364. The fraction of sp³-hybridized carbons (Fsp3) is 0.250. The van der Waals surface area contributed by atoms with E-state index in [2.05, 4.69) is 27.6 Å². The number of halogens is 1. The van der Waals surface area contributed by atoms with E-state index in [1.165, 1.54) is 34.5 Å². The summed E-state index contributed by atoms with van der Waals surface area (Å²) in [5.74, 6) is -0.310. The lowest BCUT2D eigenvalue weighted by atomic mass is 10.2. The average molecular weight is 332 g/mol. The molecule has 2 heterocycles. The Morgan fingerprint density at radius 2 is 2.35 bits per heavy atom. The largest absolute Gasteiger partial charge is 0.325 e. The molecular formula is C16H17FN4OS. The highest BCUT2D eigenvalue weighted by atomic mass is 32.1. The number of fused-ring (bicyclic) bond motifs is 1. The smallest absolute Gasteiger partial charge is 0.314 e. The molecule has 0 fully saturated rings. The number of carbonyl (C=O) groups is 1. The van der Waals surface area contributed by atoms with E-state index >= 15 is 0 Å². The molecule has 23 heavy (non-hydrogen) atoms. The maximum atomic E-state index is 13.0. The first-order valence-electron chi connectivity index (χ1n) is 7.27. The third kappa shape index (κ3) is 4.14. The molecule has 0 spiro atoms. The summed E-state index contributed by atoms with van der Waals surface area (Å²) in [5, 5.41) is 5.92. The van der Waals surface area contributed by atoms with Gasteiger partial charge in [-0.15, -0.1) is 11.3 Å². The number of thiazole rings is 1. The van der Waals surface area contributed by atoms with Crippen LogP contribution in [0.5, 0.6) is 0 Å². The number of hydrogen-bond donors (Lipinski definition) is 2. The van der Waals surface area contributed by atoms with Gasteiger partial charge in [-0.05, 0) is 30.8 Å². The van der Waals surface area contributed by atoms with Crippen LogP contribution in [-0.2, 0) is 13.0 Å². The van der Waals surface area contributed by atoms with E-state index in [9.17, 15) is 9.18 Å². The lowest BCUT2D eigenvalue weighted by Gasteiger charge is -2.20. The minimum absolute atomic E-state index is 0.310. The number of nitrogens with one attached hydrogen (secondary N) is 2. The Bertz CT molecular complexity index is 743. The van der Waals surface area contributed by atoms with Crippen LogP contribution in [-0.4, -0.2) is 29.5 Å². The van der Waals surface area contributed by atoms with Crippen LogP contribution in [0.4, 0.5) is 14.3 Å². The number of rotatable bonds is 3. The van der Waals surface area contributed by atoms with Crippen molar-refractivity contribution >= 4 is 28.6 Å². The van der Waals surface area contributed by atoms with E-state index in [0.717, 1.165) is 25.2 Å². The molecule has 0 atom stereocenters. The summed E-state index contributed by atoms with van der Waals surface area (Å²) in [4.78, 5) is 19.7. The second-order valence-electron chi connectivity index (χ2n) is 5.36. The lowest BCUT2D eigenvalue weighted by Crippen LogP contribution is -2.25. The Labute approximate surface area is 137 Å². The number of nitrogens with zero attached hydrogens (tertiary/aromatic N) is 2. The standard InChI is InChI=1S/C16H17FN4OS/c1-21-8-6-13-14(10-21)23-16(19-13)20-15(22)18-7-5-11-3-2-4-12(17)9-11/h2-5,7,9H,6,8,10H2,1H3,(H2,18,19,20,22)/b7-5+. The normalized spacial score (nSPS) is 14.7. The van der Waals surface area contributed by atoms with Crippen molar-refractivity contribution in [1.82, 2.24) is 15.2 Å². The highest BCUT2D eigenvalue weighted by molar-refractivity contribution is 7.15. The van der Waals surface area contributed by atoms with Gasteiger partial charge in [0.15, 0.2) is 5.13 Å². The Hall–Kier alpha value is -2.25. The zero-order valence-electron chi connectivity index (χ0n) is 12.7. The third-order valence-electron chi connectivity index (χ3n) is 3.48. The molecule has 2 aromatic rings. The number of likely N-dealkylation sites (N-methyl/N-ethyl adjacent to an activating group) is 1. The van der Waals surface area contributed by atoms with Gasteiger partial charge in [-0.2, -0.15) is 0 Å². The fourth-order valence-corrected chi connectivity index (χ4v) is 3.42.